The van der Waals surface area contributed by atoms with Crippen molar-refractivity contribution in [3.8, 4) is 0 Å². The molecular weight excluding hydrogens is 468 g/mol. The standard InChI is InChI=1S/C23H29F2N3O3S2/c1-23(21(29)27-22(32-23)26-19-12-15-5-6-16(19)11-15)13-14-7-9-28(10-8-14)33(30,31)20-17(24)3-2-4-18(20)25/h2-4,14-16,19H,5-13H2,1H3,(H,26,27,29)/t15-,16+,19+,23?/m1/s1. The molecular formula is C23H29F2N3O3S2. The van der Waals surface area contributed by atoms with E-state index in [2.05, 4.69) is 10.3 Å². The van der Waals surface area contributed by atoms with Gasteiger partial charge in [0.25, 0.3) is 5.91 Å². The third-order valence-corrected chi connectivity index (χ3v) is 10.9. The highest BCUT2D eigenvalue weighted by atomic mass is 32.2. The van der Waals surface area contributed by atoms with Crippen molar-refractivity contribution in [3.63, 3.8) is 0 Å². The zero-order valence-corrected chi connectivity index (χ0v) is 20.2. The molecule has 1 amide bonds. The molecule has 1 aromatic rings. The number of nitrogens with zero attached hydrogens (tertiary/aromatic N) is 2. The summed E-state index contributed by atoms with van der Waals surface area (Å²) in [7, 11) is -4.25. The minimum Gasteiger partial charge on any atom is -0.361 e. The molecule has 1 unspecified atom stereocenters. The van der Waals surface area contributed by atoms with E-state index in [0.717, 1.165) is 40.0 Å². The first-order valence-corrected chi connectivity index (χ1v) is 13.9. The highest BCUT2D eigenvalue weighted by Gasteiger charge is 2.46. The maximum Gasteiger partial charge on any atom is 0.264 e. The molecule has 0 spiro atoms. The van der Waals surface area contributed by atoms with Crippen LogP contribution >= 0.6 is 11.8 Å². The van der Waals surface area contributed by atoms with Crippen LogP contribution in [0.15, 0.2) is 28.1 Å². The van der Waals surface area contributed by atoms with Gasteiger partial charge in [-0.25, -0.2) is 17.2 Å². The molecule has 4 atom stereocenters. The van der Waals surface area contributed by atoms with Crippen molar-refractivity contribution in [2.45, 2.75) is 67.6 Å². The van der Waals surface area contributed by atoms with Gasteiger partial charge in [0.2, 0.25) is 10.0 Å². The number of carbonyl (C=O) groups excluding carboxylic acids is 1. The first-order valence-electron chi connectivity index (χ1n) is 11.7. The quantitative estimate of drug-likeness (QED) is 0.667. The van der Waals surface area contributed by atoms with Crippen molar-refractivity contribution in [2.24, 2.45) is 22.7 Å². The van der Waals surface area contributed by atoms with E-state index in [9.17, 15) is 22.0 Å². The molecule has 6 nitrogen and oxygen atoms in total. The van der Waals surface area contributed by atoms with E-state index in [0.29, 0.717) is 31.2 Å². The van der Waals surface area contributed by atoms with Crippen molar-refractivity contribution in [1.82, 2.24) is 9.62 Å². The van der Waals surface area contributed by atoms with Crippen LogP contribution in [0, 0.1) is 29.4 Å². The van der Waals surface area contributed by atoms with E-state index in [1.165, 1.54) is 31.0 Å². The van der Waals surface area contributed by atoms with Crippen LogP contribution in [-0.2, 0) is 14.8 Å². The molecule has 2 aliphatic heterocycles. The van der Waals surface area contributed by atoms with Crippen LogP contribution < -0.4 is 5.32 Å². The SMILES string of the molecule is CC1(CC2CCN(S(=O)(=O)c3c(F)cccc3F)CC2)SC(N[C@H]2C[C@@H]3CC[C@H]2C3)=NC1=O. The number of halogens is 2. The number of piperidine rings is 1. The fraction of sp³-hybridized carbons (Fsp3) is 0.652. The van der Waals surface area contributed by atoms with E-state index in [-0.39, 0.29) is 24.9 Å². The second kappa shape index (κ2) is 8.61. The normalized spacial score (nSPS) is 33.0. The number of rotatable bonds is 5. The summed E-state index contributed by atoms with van der Waals surface area (Å²) >= 11 is 1.49. The number of fused-ring (bicyclic) bond motifs is 2. The molecule has 2 saturated carbocycles. The molecule has 2 aliphatic carbocycles. The number of carbonyl (C=O) groups is 1. The van der Waals surface area contributed by atoms with Gasteiger partial charge >= 0.3 is 0 Å². The molecule has 10 heteroatoms. The van der Waals surface area contributed by atoms with Gasteiger partial charge in [-0.15, -0.1) is 0 Å². The van der Waals surface area contributed by atoms with Gasteiger partial charge in [-0.05, 0) is 75.3 Å². The second-order valence-electron chi connectivity index (χ2n) is 10.1. The zero-order chi connectivity index (χ0) is 23.4. The molecule has 0 aromatic heterocycles. The molecule has 1 saturated heterocycles. The van der Waals surface area contributed by atoms with Gasteiger partial charge in [-0.2, -0.15) is 9.30 Å². The monoisotopic (exact) mass is 497 g/mol. The maximum absolute atomic E-state index is 14.1. The summed E-state index contributed by atoms with van der Waals surface area (Å²) < 4.78 is 54.3. The Morgan fingerprint density at radius 1 is 1.15 bits per heavy atom. The average Bonchev–Trinajstić information content (AvgIpc) is 3.43. The highest BCUT2D eigenvalue weighted by Crippen LogP contribution is 2.46. The summed E-state index contributed by atoms with van der Waals surface area (Å²) in [6.07, 6.45) is 6.68. The summed E-state index contributed by atoms with van der Waals surface area (Å²) in [5.74, 6) is -0.663. The molecule has 1 aromatic carbocycles. The predicted molar refractivity (Wildman–Crippen MR) is 123 cm³/mol. The first-order chi connectivity index (χ1) is 15.7. The van der Waals surface area contributed by atoms with Gasteiger partial charge in [-0.1, -0.05) is 24.2 Å². The molecule has 3 fully saturated rings. The van der Waals surface area contributed by atoms with Crippen LogP contribution in [0.3, 0.4) is 0 Å². The lowest BCUT2D eigenvalue weighted by Gasteiger charge is -2.34. The lowest BCUT2D eigenvalue weighted by atomic mass is 9.87. The van der Waals surface area contributed by atoms with Crippen molar-refractivity contribution in [3.05, 3.63) is 29.8 Å². The van der Waals surface area contributed by atoms with Gasteiger partial charge < -0.3 is 5.32 Å². The highest BCUT2D eigenvalue weighted by molar-refractivity contribution is 8.16. The Hall–Kier alpha value is -1.52. The largest absolute Gasteiger partial charge is 0.361 e. The minimum atomic E-state index is -4.25. The van der Waals surface area contributed by atoms with Crippen molar-refractivity contribution in [1.29, 1.82) is 0 Å². The Labute approximate surface area is 197 Å². The Morgan fingerprint density at radius 2 is 1.85 bits per heavy atom. The summed E-state index contributed by atoms with van der Waals surface area (Å²) in [4.78, 5) is 16.2. The van der Waals surface area contributed by atoms with Crippen LogP contribution in [0.1, 0.15) is 51.9 Å². The van der Waals surface area contributed by atoms with E-state index in [1.807, 2.05) is 6.92 Å². The van der Waals surface area contributed by atoms with E-state index >= 15 is 0 Å². The number of thioether (sulfide) groups is 1. The van der Waals surface area contributed by atoms with E-state index in [4.69, 9.17) is 0 Å². The molecule has 2 bridgehead atoms. The van der Waals surface area contributed by atoms with E-state index in [1.54, 1.807) is 0 Å². The topological polar surface area (TPSA) is 78.8 Å². The molecule has 2 heterocycles. The molecule has 4 aliphatic rings. The zero-order valence-electron chi connectivity index (χ0n) is 18.6. The van der Waals surface area contributed by atoms with Gasteiger partial charge in [0.1, 0.15) is 16.4 Å². The Kier molecular flexibility index (Phi) is 6.06. The first kappa shape index (κ1) is 23.2. The average molecular weight is 498 g/mol. The fourth-order valence-corrected chi connectivity index (χ4v) is 8.82. The van der Waals surface area contributed by atoms with Crippen molar-refractivity contribution >= 4 is 32.9 Å². The number of hydrogen-bond acceptors (Lipinski definition) is 5. The Balaban J connectivity index is 1.18. The third-order valence-electron chi connectivity index (χ3n) is 7.79. The number of amidine groups is 1. The fourth-order valence-electron chi connectivity index (χ4n) is 6.02. The molecule has 5 rings (SSSR count). The second-order valence-corrected chi connectivity index (χ2v) is 13.4. The number of benzene rings is 1. The number of amides is 1. The lowest BCUT2D eigenvalue weighted by molar-refractivity contribution is -0.119. The van der Waals surface area contributed by atoms with Gasteiger partial charge in [0.05, 0.1) is 0 Å². The predicted octanol–water partition coefficient (Wildman–Crippen LogP) is 3.92. The maximum atomic E-state index is 14.1. The number of nitrogens with one attached hydrogen (secondary N) is 1. The lowest BCUT2D eigenvalue weighted by Crippen LogP contribution is -2.41. The smallest absolute Gasteiger partial charge is 0.264 e. The third kappa shape index (κ3) is 4.34. The van der Waals surface area contributed by atoms with Gasteiger partial charge in [-0.3, -0.25) is 4.79 Å². The van der Waals surface area contributed by atoms with Crippen LogP contribution in [0.25, 0.3) is 0 Å². The van der Waals surface area contributed by atoms with Crippen LogP contribution in [0.4, 0.5) is 8.78 Å². The summed E-state index contributed by atoms with van der Waals surface area (Å²) in [5.41, 5.74) is 0. The molecule has 1 N–H and O–H groups in total. The molecule has 180 valence electrons. The van der Waals surface area contributed by atoms with E-state index < -0.39 is 31.3 Å². The van der Waals surface area contributed by atoms with Gasteiger partial charge in [0, 0.05) is 19.1 Å². The Morgan fingerprint density at radius 3 is 2.45 bits per heavy atom. The van der Waals surface area contributed by atoms with Crippen molar-refractivity contribution < 1.29 is 22.0 Å². The molecule has 0 radical (unpaired) electrons. The van der Waals surface area contributed by atoms with Gasteiger partial charge in [0.15, 0.2) is 10.1 Å². The van der Waals surface area contributed by atoms with Crippen LogP contribution in [-0.4, -0.2) is 47.7 Å². The number of hydrogen-bond donors (Lipinski definition) is 1. The van der Waals surface area contributed by atoms with Crippen LogP contribution in [0.5, 0.6) is 0 Å². The van der Waals surface area contributed by atoms with Crippen LogP contribution in [0.2, 0.25) is 0 Å². The minimum absolute atomic E-state index is 0.137. The summed E-state index contributed by atoms with van der Waals surface area (Å²) in [6, 6.07) is 3.47. The molecule has 33 heavy (non-hydrogen) atoms. The van der Waals surface area contributed by atoms with Crippen molar-refractivity contribution in [2.75, 3.05) is 13.1 Å². The number of aliphatic imine (C=N–C) groups is 1. The summed E-state index contributed by atoms with van der Waals surface area (Å²) in [6.45, 7) is 2.26. The summed E-state index contributed by atoms with van der Waals surface area (Å²) in [5, 5.41) is 4.24. The number of sulfonamides is 1. The Bertz CT molecular complexity index is 1070.